The topological polar surface area (TPSA) is 57.2 Å². The molecule has 0 aliphatic carbocycles. The Morgan fingerprint density at radius 2 is 1.85 bits per heavy atom. The van der Waals surface area contributed by atoms with Crippen molar-refractivity contribution in [1.29, 1.82) is 0 Å². The van der Waals surface area contributed by atoms with Crippen molar-refractivity contribution in [3.8, 4) is 23.0 Å². The van der Waals surface area contributed by atoms with Gasteiger partial charge in [-0.3, -0.25) is 4.79 Å². The average molecular weight is 422 g/mol. The predicted octanol–water partition coefficient (Wildman–Crippen LogP) is 3.82. The molecule has 0 saturated heterocycles. The van der Waals surface area contributed by atoms with Crippen LogP contribution in [0.2, 0.25) is 0 Å². The molecule has 1 amide bonds. The van der Waals surface area contributed by atoms with Crippen LogP contribution in [0.1, 0.15) is 15.9 Å². The molecule has 2 aromatic carbocycles. The van der Waals surface area contributed by atoms with E-state index in [9.17, 15) is 4.79 Å². The Labute approximate surface area is 160 Å². The molecule has 0 N–H and O–H groups in total. The number of ether oxygens (including phenoxy) is 4. The van der Waals surface area contributed by atoms with Gasteiger partial charge in [-0.2, -0.15) is 0 Å². The summed E-state index contributed by atoms with van der Waals surface area (Å²) in [5.41, 5.74) is 2.23. The molecule has 0 saturated carbocycles. The van der Waals surface area contributed by atoms with Gasteiger partial charge in [0.25, 0.3) is 5.91 Å². The SMILES string of the molecule is COc1cc(C(=O)N2CCOc3ccc(C)cc32)c(Br)c(OC)c1OC. The highest BCUT2D eigenvalue weighted by Crippen LogP contribution is 2.45. The lowest BCUT2D eigenvalue weighted by molar-refractivity contribution is 0.0975. The van der Waals surface area contributed by atoms with Crippen molar-refractivity contribution < 1.29 is 23.7 Å². The number of benzene rings is 2. The van der Waals surface area contributed by atoms with Crippen LogP contribution in [-0.4, -0.2) is 40.4 Å². The van der Waals surface area contributed by atoms with Crippen molar-refractivity contribution in [1.82, 2.24) is 0 Å². The smallest absolute Gasteiger partial charge is 0.259 e. The standard InChI is InChI=1S/C19H20BrNO5/c1-11-5-6-14-13(9-11)21(7-8-26-14)19(22)12-10-15(23-2)17(24-3)18(25-4)16(12)20/h5-6,9-10H,7-8H2,1-4H3. The molecular formula is C19H20BrNO5. The lowest BCUT2D eigenvalue weighted by atomic mass is 10.1. The van der Waals surface area contributed by atoms with E-state index in [4.69, 9.17) is 18.9 Å². The second kappa shape index (κ2) is 7.45. The molecule has 0 aromatic heterocycles. The van der Waals surface area contributed by atoms with Crippen LogP contribution in [0.4, 0.5) is 5.69 Å². The van der Waals surface area contributed by atoms with Gasteiger partial charge >= 0.3 is 0 Å². The van der Waals surface area contributed by atoms with Gasteiger partial charge in [-0.25, -0.2) is 0 Å². The van der Waals surface area contributed by atoms with Gasteiger partial charge in [0, 0.05) is 0 Å². The quantitative estimate of drug-likeness (QED) is 0.750. The van der Waals surface area contributed by atoms with Gasteiger partial charge in [0.2, 0.25) is 5.75 Å². The molecule has 3 rings (SSSR count). The molecule has 0 radical (unpaired) electrons. The Hall–Kier alpha value is -2.41. The molecule has 0 atom stereocenters. The highest BCUT2D eigenvalue weighted by atomic mass is 79.9. The molecule has 0 fully saturated rings. The fraction of sp³-hybridized carbons (Fsp3) is 0.316. The maximum atomic E-state index is 13.3. The lowest BCUT2D eigenvalue weighted by Gasteiger charge is -2.30. The zero-order valence-corrected chi connectivity index (χ0v) is 16.7. The van der Waals surface area contributed by atoms with Gasteiger partial charge in [-0.1, -0.05) is 6.07 Å². The van der Waals surface area contributed by atoms with Crippen molar-refractivity contribution >= 4 is 27.5 Å². The molecule has 1 aliphatic rings. The maximum Gasteiger partial charge on any atom is 0.259 e. The summed E-state index contributed by atoms with van der Waals surface area (Å²) in [6.45, 7) is 2.87. The fourth-order valence-corrected chi connectivity index (χ4v) is 3.59. The Kier molecular flexibility index (Phi) is 5.27. The number of aryl methyl sites for hydroxylation is 1. The minimum Gasteiger partial charge on any atom is -0.493 e. The Bertz CT molecular complexity index is 852. The van der Waals surface area contributed by atoms with E-state index >= 15 is 0 Å². The number of carbonyl (C=O) groups is 1. The van der Waals surface area contributed by atoms with Crippen LogP contribution in [-0.2, 0) is 0 Å². The van der Waals surface area contributed by atoms with Gasteiger partial charge in [-0.15, -0.1) is 0 Å². The minimum atomic E-state index is -0.175. The van der Waals surface area contributed by atoms with E-state index < -0.39 is 0 Å². The first kappa shape index (κ1) is 18.4. The van der Waals surface area contributed by atoms with Gasteiger partial charge in [0.1, 0.15) is 12.4 Å². The van der Waals surface area contributed by atoms with Crippen LogP contribution in [0.25, 0.3) is 0 Å². The summed E-state index contributed by atoms with van der Waals surface area (Å²) in [4.78, 5) is 15.0. The second-order valence-corrected chi connectivity index (χ2v) is 6.58. The Morgan fingerprint density at radius 1 is 1.12 bits per heavy atom. The van der Waals surface area contributed by atoms with E-state index in [1.54, 1.807) is 11.0 Å². The minimum absolute atomic E-state index is 0.175. The molecule has 26 heavy (non-hydrogen) atoms. The van der Waals surface area contributed by atoms with Crippen molar-refractivity contribution in [2.45, 2.75) is 6.92 Å². The predicted molar refractivity (Wildman–Crippen MR) is 102 cm³/mol. The van der Waals surface area contributed by atoms with Crippen LogP contribution < -0.4 is 23.8 Å². The largest absolute Gasteiger partial charge is 0.493 e. The molecule has 0 spiro atoms. The third-order valence-electron chi connectivity index (χ3n) is 4.22. The van der Waals surface area contributed by atoms with Crippen LogP contribution in [0, 0.1) is 6.92 Å². The van der Waals surface area contributed by atoms with Crippen molar-refractivity contribution in [3.05, 3.63) is 39.9 Å². The van der Waals surface area contributed by atoms with Crippen molar-refractivity contribution in [2.75, 3.05) is 39.4 Å². The number of methoxy groups -OCH3 is 3. The number of fused-ring (bicyclic) bond motifs is 1. The average Bonchev–Trinajstić information content (AvgIpc) is 2.66. The van der Waals surface area contributed by atoms with Gasteiger partial charge in [-0.05, 0) is 46.6 Å². The zero-order valence-electron chi connectivity index (χ0n) is 15.1. The summed E-state index contributed by atoms with van der Waals surface area (Å²) in [5.74, 6) is 1.78. The number of hydrogen-bond acceptors (Lipinski definition) is 5. The molecule has 1 heterocycles. The first-order valence-electron chi connectivity index (χ1n) is 8.05. The number of anilines is 1. The summed E-state index contributed by atoms with van der Waals surface area (Å²) in [7, 11) is 4.56. The molecule has 0 bridgehead atoms. The fourth-order valence-electron chi connectivity index (χ4n) is 2.96. The summed E-state index contributed by atoms with van der Waals surface area (Å²) in [6.07, 6.45) is 0. The second-order valence-electron chi connectivity index (χ2n) is 5.78. The third kappa shape index (κ3) is 3.07. The first-order valence-corrected chi connectivity index (χ1v) is 8.84. The van der Waals surface area contributed by atoms with E-state index in [0.717, 1.165) is 11.3 Å². The van der Waals surface area contributed by atoms with Crippen LogP contribution in [0.5, 0.6) is 23.0 Å². The maximum absolute atomic E-state index is 13.3. The zero-order chi connectivity index (χ0) is 18.8. The van der Waals surface area contributed by atoms with E-state index in [1.807, 2.05) is 25.1 Å². The molecule has 6 nitrogen and oxygen atoms in total. The van der Waals surface area contributed by atoms with Crippen molar-refractivity contribution in [3.63, 3.8) is 0 Å². The number of amides is 1. The molecular weight excluding hydrogens is 402 g/mol. The summed E-state index contributed by atoms with van der Waals surface area (Å²) in [5, 5.41) is 0. The molecule has 7 heteroatoms. The molecule has 2 aromatic rings. The summed E-state index contributed by atoms with van der Waals surface area (Å²) in [6, 6.07) is 7.44. The summed E-state index contributed by atoms with van der Waals surface area (Å²) < 4.78 is 22.4. The van der Waals surface area contributed by atoms with Gasteiger partial charge < -0.3 is 23.8 Å². The van der Waals surface area contributed by atoms with E-state index in [-0.39, 0.29) is 5.91 Å². The van der Waals surface area contributed by atoms with Crippen LogP contribution >= 0.6 is 15.9 Å². The number of nitrogens with zero attached hydrogens (tertiary/aromatic N) is 1. The molecule has 1 aliphatic heterocycles. The number of halogens is 1. The van der Waals surface area contributed by atoms with E-state index in [2.05, 4.69) is 15.9 Å². The first-order chi connectivity index (χ1) is 12.5. The highest BCUT2D eigenvalue weighted by molar-refractivity contribution is 9.10. The van der Waals surface area contributed by atoms with Gasteiger partial charge in [0.15, 0.2) is 11.5 Å². The Morgan fingerprint density at radius 3 is 2.50 bits per heavy atom. The van der Waals surface area contributed by atoms with E-state index in [1.165, 1.54) is 21.3 Å². The number of rotatable bonds is 4. The Balaban J connectivity index is 2.11. The third-order valence-corrected chi connectivity index (χ3v) is 5.01. The normalized spacial score (nSPS) is 12.9. The lowest BCUT2D eigenvalue weighted by Crippen LogP contribution is -2.38. The molecule has 138 valence electrons. The monoisotopic (exact) mass is 421 g/mol. The summed E-state index contributed by atoms with van der Waals surface area (Å²) >= 11 is 3.48. The number of hydrogen-bond donors (Lipinski definition) is 0. The van der Waals surface area contributed by atoms with Crippen LogP contribution in [0.15, 0.2) is 28.7 Å². The van der Waals surface area contributed by atoms with Crippen LogP contribution in [0.3, 0.4) is 0 Å². The highest BCUT2D eigenvalue weighted by Gasteiger charge is 2.29. The molecule has 0 unspecified atom stereocenters. The van der Waals surface area contributed by atoms with Crippen molar-refractivity contribution in [2.24, 2.45) is 0 Å². The number of carbonyl (C=O) groups excluding carboxylic acids is 1. The van der Waals surface area contributed by atoms with Gasteiger partial charge in [0.05, 0.1) is 43.6 Å². The van der Waals surface area contributed by atoms with E-state index in [0.29, 0.717) is 46.2 Å².